The van der Waals surface area contributed by atoms with Crippen LogP contribution in [0.5, 0.6) is 0 Å². The molecule has 1 fully saturated rings. The van der Waals surface area contributed by atoms with Crippen LogP contribution in [0.1, 0.15) is 54.4 Å². The summed E-state index contributed by atoms with van der Waals surface area (Å²) in [6.45, 7) is 16.2. The van der Waals surface area contributed by atoms with Gasteiger partial charge < -0.3 is 10.2 Å². The quantitative estimate of drug-likeness (QED) is 0.803. The Balaban J connectivity index is 2.61. The lowest BCUT2D eigenvalue weighted by Gasteiger charge is -2.35. The molecule has 0 saturated carbocycles. The third kappa shape index (κ3) is 4.79. The molecular formula is C16H32N2O. The third-order valence-corrected chi connectivity index (χ3v) is 4.28. The second kappa shape index (κ2) is 6.74. The molecule has 0 aliphatic carbocycles. The molecule has 0 radical (unpaired) electrons. The number of nitrogens with one attached hydrogen (secondary N) is 1. The van der Waals surface area contributed by atoms with Crippen LogP contribution in [-0.2, 0) is 4.79 Å². The number of carbonyl (C=O) groups is 1. The highest BCUT2D eigenvalue weighted by Gasteiger charge is 2.35. The SMILES string of the molecule is CCCNC(CN1CC(C(C)C)CC1=O)C(C)(C)C. The maximum absolute atomic E-state index is 12.1. The normalized spacial score (nSPS) is 22.4. The van der Waals surface area contributed by atoms with Gasteiger partial charge in [-0.3, -0.25) is 4.79 Å². The van der Waals surface area contributed by atoms with E-state index in [1.54, 1.807) is 0 Å². The fourth-order valence-electron chi connectivity index (χ4n) is 2.61. The van der Waals surface area contributed by atoms with Gasteiger partial charge in [-0.05, 0) is 30.2 Å². The predicted molar refractivity (Wildman–Crippen MR) is 81.1 cm³/mol. The molecule has 1 N–H and O–H groups in total. The second-order valence-electron chi connectivity index (χ2n) is 7.38. The van der Waals surface area contributed by atoms with Crippen molar-refractivity contribution in [1.82, 2.24) is 10.2 Å². The number of amides is 1. The van der Waals surface area contributed by atoms with Gasteiger partial charge in [-0.15, -0.1) is 0 Å². The van der Waals surface area contributed by atoms with Crippen molar-refractivity contribution in [1.29, 1.82) is 0 Å². The molecule has 1 aliphatic rings. The highest BCUT2D eigenvalue weighted by Crippen LogP contribution is 2.27. The van der Waals surface area contributed by atoms with Crippen molar-refractivity contribution >= 4 is 5.91 Å². The van der Waals surface area contributed by atoms with E-state index in [1.807, 2.05) is 0 Å². The van der Waals surface area contributed by atoms with E-state index in [0.717, 1.165) is 32.5 Å². The Hall–Kier alpha value is -0.570. The van der Waals surface area contributed by atoms with Gasteiger partial charge >= 0.3 is 0 Å². The second-order valence-corrected chi connectivity index (χ2v) is 7.38. The molecule has 0 spiro atoms. The van der Waals surface area contributed by atoms with Crippen molar-refractivity contribution < 1.29 is 4.79 Å². The first-order chi connectivity index (χ1) is 8.75. The van der Waals surface area contributed by atoms with Crippen LogP contribution in [0.25, 0.3) is 0 Å². The molecule has 0 aromatic carbocycles. The van der Waals surface area contributed by atoms with Crippen LogP contribution in [0.2, 0.25) is 0 Å². The zero-order valence-electron chi connectivity index (χ0n) is 13.6. The molecule has 19 heavy (non-hydrogen) atoms. The number of rotatable bonds is 6. The molecule has 3 nitrogen and oxygen atoms in total. The lowest BCUT2D eigenvalue weighted by atomic mass is 9.86. The minimum atomic E-state index is 0.186. The van der Waals surface area contributed by atoms with Crippen LogP contribution in [0, 0.1) is 17.3 Å². The fraction of sp³-hybridized carbons (Fsp3) is 0.938. The van der Waals surface area contributed by atoms with Gasteiger partial charge in [0.05, 0.1) is 0 Å². The number of carbonyl (C=O) groups excluding carboxylic acids is 1. The first kappa shape index (κ1) is 16.5. The zero-order valence-corrected chi connectivity index (χ0v) is 13.6. The molecule has 0 aromatic heterocycles. The summed E-state index contributed by atoms with van der Waals surface area (Å²) >= 11 is 0. The highest BCUT2D eigenvalue weighted by atomic mass is 16.2. The number of likely N-dealkylation sites (tertiary alicyclic amines) is 1. The van der Waals surface area contributed by atoms with Crippen LogP contribution >= 0.6 is 0 Å². The summed E-state index contributed by atoms with van der Waals surface area (Å²) in [5.74, 6) is 1.48. The van der Waals surface area contributed by atoms with Crippen LogP contribution in [0.3, 0.4) is 0 Å². The average Bonchev–Trinajstić information content (AvgIpc) is 2.64. The van der Waals surface area contributed by atoms with Crippen molar-refractivity contribution in [2.45, 2.75) is 60.4 Å². The van der Waals surface area contributed by atoms with E-state index in [0.29, 0.717) is 23.8 Å². The van der Waals surface area contributed by atoms with Crippen molar-refractivity contribution in [2.24, 2.45) is 17.3 Å². The Kier molecular flexibility index (Phi) is 5.84. The van der Waals surface area contributed by atoms with E-state index < -0.39 is 0 Å². The summed E-state index contributed by atoms with van der Waals surface area (Å²) in [6, 6.07) is 0.377. The van der Waals surface area contributed by atoms with E-state index >= 15 is 0 Å². The van der Waals surface area contributed by atoms with Crippen LogP contribution < -0.4 is 5.32 Å². The monoisotopic (exact) mass is 268 g/mol. The maximum Gasteiger partial charge on any atom is 0.222 e. The van der Waals surface area contributed by atoms with Crippen molar-refractivity contribution in [3.63, 3.8) is 0 Å². The standard InChI is InChI=1S/C16H32N2O/c1-7-8-17-14(16(4,5)6)11-18-10-13(12(2)3)9-15(18)19/h12-14,17H,7-11H2,1-6H3. The summed E-state index contributed by atoms with van der Waals surface area (Å²) in [7, 11) is 0. The van der Waals surface area contributed by atoms with Gasteiger partial charge in [0, 0.05) is 25.6 Å². The third-order valence-electron chi connectivity index (χ3n) is 4.28. The molecule has 3 heteroatoms. The first-order valence-electron chi connectivity index (χ1n) is 7.76. The van der Waals surface area contributed by atoms with E-state index in [-0.39, 0.29) is 5.41 Å². The minimum absolute atomic E-state index is 0.186. The fourth-order valence-corrected chi connectivity index (χ4v) is 2.61. The molecular weight excluding hydrogens is 236 g/mol. The number of hydrogen-bond donors (Lipinski definition) is 1. The molecule has 1 rings (SSSR count). The molecule has 2 atom stereocenters. The van der Waals surface area contributed by atoms with Crippen molar-refractivity contribution in [3.05, 3.63) is 0 Å². The molecule has 0 aromatic rings. The molecule has 112 valence electrons. The van der Waals surface area contributed by atoms with Gasteiger partial charge in [0.15, 0.2) is 0 Å². The Morgan fingerprint density at radius 3 is 2.42 bits per heavy atom. The highest BCUT2D eigenvalue weighted by molar-refractivity contribution is 5.78. The summed E-state index contributed by atoms with van der Waals surface area (Å²) in [5.41, 5.74) is 0.186. The smallest absolute Gasteiger partial charge is 0.222 e. The van der Waals surface area contributed by atoms with Gasteiger partial charge in [-0.25, -0.2) is 0 Å². The van der Waals surface area contributed by atoms with Gasteiger partial charge in [-0.2, -0.15) is 0 Å². The number of nitrogens with zero attached hydrogens (tertiary/aromatic N) is 1. The van der Waals surface area contributed by atoms with E-state index in [2.05, 4.69) is 51.8 Å². The minimum Gasteiger partial charge on any atom is -0.341 e. The Morgan fingerprint density at radius 2 is 2.00 bits per heavy atom. The summed E-state index contributed by atoms with van der Waals surface area (Å²) in [6.07, 6.45) is 1.87. The van der Waals surface area contributed by atoms with Crippen molar-refractivity contribution in [2.75, 3.05) is 19.6 Å². The molecule has 0 bridgehead atoms. The van der Waals surface area contributed by atoms with Gasteiger partial charge in [-0.1, -0.05) is 41.5 Å². The molecule has 1 amide bonds. The topological polar surface area (TPSA) is 32.3 Å². The Morgan fingerprint density at radius 1 is 1.37 bits per heavy atom. The van der Waals surface area contributed by atoms with E-state index in [4.69, 9.17) is 0 Å². The van der Waals surface area contributed by atoms with E-state index in [9.17, 15) is 4.79 Å². The maximum atomic E-state index is 12.1. The Labute approximate surface area is 119 Å². The van der Waals surface area contributed by atoms with E-state index in [1.165, 1.54) is 0 Å². The average molecular weight is 268 g/mol. The molecule has 1 heterocycles. The molecule has 1 aliphatic heterocycles. The summed E-state index contributed by atoms with van der Waals surface area (Å²) < 4.78 is 0. The lowest BCUT2D eigenvalue weighted by Crippen LogP contribution is -2.49. The lowest BCUT2D eigenvalue weighted by molar-refractivity contribution is -0.128. The largest absolute Gasteiger partial charge is 0.341 e. The van der Waals surface area contributed by atoms with Gasteiger partial charge in [0.1, 0.15) is 0 Å². The molecule has 1 saturated heterocycles. The first-order valence-corrected chi connectivity index (χ1v) is 7.76. The van der Waals surface area contributed by atoms with Gasteiger partial charge in [0.25, 0.3) is 0 Å². The summed E-state index contributed by atoms with van der Waals surface area (Å²) in [4.78, 5) is 14.2. The Bertz CT molecular complexity index is 294. The van der Waals surface area contributed by atoms with Crippen LogP contribution in [-0.4, -0.2) is 36.5 Å². The van der Waals surface area contributed by atoms with Crippen LogP contribution in [0.4, 0.5) is 0 Å². The van der Waals surface area contributed by atoms with Crippen LogP contribution in [0.15, 0.2) is 0 Å². The van der Waals surface area contributed by atoms with Crippen molar-refractivity contribution in [3.8, 4) is 0 Å². The van der Waals surface area contributed by atoms with Gasteiger partial charge in [0.2, 0.25) is 5.91 Å². The zero-order chi connectivity index (χ0) is 14.6. The molecule has 2 unspecified atom stereocenters. The summed E-state index contributed by atoms with van der Waals surface area (Å²) in [5, 5.41) is 3.61. The predicted octanol–water partition coefficient (Wildman–Crippen LogP) is 2.91. The number of hydrogen-bond acceptors (Lipinski definition) is 2.